The molecule has 0 saturated carbocycles. The van der Waals surface area contributed by atoms with Gasteiger partial charge in [-0.15, -0.1) is 10.2 Å². The monoisotopic (exact) mass is 398 g/mol. The zero-order valence-electron chi connectivity index (χ0n) is 17.2. The number of para-hydroxylation sites is 1. The van der Waals surface area contributed by atoms with Crippen LogP contribution >= 0.6 is 0 Å². The van der Waals surface area contributed by atoms with Crippen molar-refractivity contribution >= 4 is 5.91 Å². The summed E-state index contributed by atoms with van der Waals surface area (Å²) in [4.78, 5) is 17.6. The highest BCUT2D eigenvalue weighted by Crippen LogP contribution is 2.28. The van der Waals surface area contributed by atoms with Crippen LogP contribution in [0.4, 0.5) is 0 Å². The van der Waals surface area contributed by atoms with Crippen LogP contribution in [0.15, 0.2) is 28.7 Å². The maximum atomic E-state index is 13.0. The summed E-state index contributed by atoms with van der Waals surface area (Å²) in [6, 6.07) is 7.81. The van der Waals surface area contributed by atoms with Crippen LogP contribution in [0.3, 0.4) is 0 Å². The maximum absolute atomic E-state index is 13.0. The molecule has 0 aliphatic carbocycles. The van der Waals surface area contributed by atoms with Crippen molar-refractivity contribution < 1.29 is 13.9 Å². The number of carbonyl (C=O) groups excluding carboxylic acids is 1. The molecular formula is C22H30N4O3. The van der Waals surface area contributed by atoms with E-state index in [1.54, 1.807) is 7.11 Å². The Labute approximate surface area is 172 Å². The van der Waals surface area contributed by atoms with E-state index in [-0.39, 0.29) is 12.3 Å². The third kappa shape index (κ3) is 4.78. The van der Waals surface area contributed by atoms with Gasteiger partial charge >= 0.3 is 0 Å². The fourth-order valence-electron chi connectivity index (χ4n) is 4.44. The minimum atomic E-state index is 0.0851. The third-order valence-corrected chi connectivity index (χ3v) is 5.97. The Morgan fingerprint density at radius 3 is 2.72 bits per heavy atom. The van der Waals surface area contributed by atoms with E-state index < -0.39 is 0 Å². The van der Waals surface area contributed by atoms with Crippen LogP contribution in [0.1, 0.15) is 44.4 Å². The normalized spacial score (nSPS) is 20.6. The van der Waals surface area contributed by atoms with E-state index in [0.717, 1.165) is 44.6 Å². The van der Waals surface area contributed by atoms with Crippen LogP contribution in [-0.2, 0) is 11.2 Å². The summed E-state index contributed by atoms with van der Waals surface area (Å²) in [5.41, 5.74) is 0.738. The van der Waals surface area contributed by atoms with Crippen molar-refractivity contribution in [3.05, 3.63) is 30.2 Å². The van der Waals surface area contributed by atoms with Gasteiger partial charge in [-0.2, -0.15) is 0 Å². The Morgan fingerprint density at radius 1 is 1.10 bits per heavy atom. The lowest BCUT2D eigenvalue weighted by Gasteiger charge is -2.39. The first kappa shape index (κ1) is 19.9. The first-order valence-corrected chi connectivity index (χ1v) is 10.7. The van der Waals surface area contributed by atoms with Gasteiger partial charge in [0.05, 0.1) is 12.7 Å². The van der Waals surface area contributed by atoms with Crippen LogP contribution in [0.2, 0.25) is 0 Å². The number of rotatable bonds is 6. The van der Waals surface area contributed by atoms with E-state index in [0.29, 0.717) is 23.6 Å². The van der Waals surface area contributed by atoms with Gasteiger partial charge in [0.15, 0.2) is 0 Å². The molecule has 1 atom stereocenters. The molecular weight excluding hydrogens is 368 g/mol. The molecule has 2 aliphatic heterocycles. The lowest BCUT2D eigenvalue weighted by atomic mass is 10.00. The Hall–Kier alpha value is -2.41. The zero-order chi connectivity index (χ0) is 20.1. The highest BCUT2D eigenvalue weighted by Gasteiger charge is 2.29. The van der Waals surface area contributed by atoms with Crippen LogP contribution < -0.4 is 4.74 Å². The number of likely N-dealkylation sites (tertiary alicyclic amines) is 2. The van der Waals surface area contributed by atoms with Crippen molar-refractivity contribution in [1.29, 1.82) is 0 Å². The van der Waals surface area contributed by atoms with Crippen molar-refractivity contribution in [2.75, 3.05) is 33.3 Å². The summed E-state index contributed by atoms with van der Waals surface area (Å²) in [7, 11) is 1.61. The third-order valence-electron chi connectivity index (χ3n) is 5.97. The Bertz CT molecular complexity index is 816. The van der Waals surface area contributed by atoms with E-state index in [9.17, 15) is 4.79 Å². The SMILES string of the molecule is COc1ccccc1-c1nnc(CC(=O)N2CCCCC2CN2CCCCC2)o1. The number of hydrogen-bond acceptors (Lipinski definition) is 6. The summed E-state index contributed by atoms with van der Waals surface area (Å²) in [5.74, 6) is 1.50. The van der Waals surface area contributed by atoms with E-state index in [2.05, 4.69) is 15.1 Å². The number of ether oxygens (including phenoxy) is 1. The molecule has 3 heterocycles. The van der Waals surface area contributed by atoms with Crippen LogP contribution in [0.5, 0.6) is 5.75 Å². The smallest absolute Gasteiger partial charge is 0.251 e. The molecule has 2 saturated heterocycles. The molecule has 156 valence electrons. The number of benzene rings is 1. The second kappa shape index (κ2) is 9.39. The number of amides is 1. The Balaban J connectivity index is 1.42. The molecule has 29 heavy (non-hydrogen) atoms. The summed E-state index contributed by atoms with van der Waals surface area (Å²) in [5, 5.41) is 8.24. The van der Waals surface area contributed by atoms with Crippen molar-refractivity contribution in [1.82, 2.24) is 20.0 Å². The van der Waals surface area contributed by atoms with Gasteiger partial charge in [0, 0.05) is 19.1 Å². The number of piperidine rings is 2. The lowest BCUT2D eigenvalue weighted by Crippen LogP contribution is -2.50. The second-order valence-electron chi connectivity index (χ2n) is 7.98. The molecule has 0 spiro atoms. The van der Waals surface area contributed by atoms with Gasteiger partial charge in [-0.05, 0) is 57.3 Å². The summed E-state index contributed by atoms with van der Waals surface area (Å²) >= 11 is 0. The molecule has 7 nitrogen and oxygen atoms in total. The highest BCUT2D eigenvalue weighted by atomic mass is 16.5. The van der Waals surface area contributed by atoms with Crippen LogP contribution in [0.25, 0.3) is 11.5 Å². The molecule has 0 radical (unpaired) electrons. The molecule has 2 aliphatic rings. The van der Waals surface area contributed by atoms with E-state index >= 15 is 0 Å². The van der Waals surface area contributed by atoms with Crippen molar-refractivity contribution in [3.8, 4) is 17.2 Å². The minimum absolute atomic E-state index is 0.0851. The van der Waals surface area contributed by atoms with Crippen molar-refractivity contribution in [3.63, 3.8) is 0 Å². The van der Waals surface area contributed by atoms with Gasteiger partial charge in [-0.3, -0.25) is 4.79 Å². The average Bonchev–Trinajstić information content (AvgIpc) is 3.23. The highest BCUT2D eigenvalue weighted by molar-refractivity contribution is 5.78. The molecule has 2 aromatic rings. The number of methoxy groups -OCH3 is 1. The molecule has 1 amide bonds. The Kier molecular flexibility index (Phi) is 6.44. The Morgan fingerprint density at radius 2 is 1.90 bits per heavy atom. The van der Waals surface area contributed by atoms with Gasteiger partial charge in [0.1, 0.15) is 12.2 Å². The standard InChI is InChI=1S/C22H30N4O3/c1-28-19-11-4-3-10-18(19)22-24-23-20(29-22)15-21(27)26-14-8-5-9-17(26)16-25-12-6-2-7-13-25/h3-4,10-11,17H,2,5-9,12-16H2,1H3. The molecule has 0 N–H and O–H groups in total. The fourth-order valence-corrected chi connectivity index (χ4v) is 4.44. The van der Waals surface area contributed by atoms with Gasteiger partial charge < -0.3 is 19.0 Å². The van der Waals surface area contributed by atoms with Crippen LogP contribution in [0, 0.1) is 0 Å². The second-order valence-corrected chi connectivity index (χ2v) is 7.98. The van der Waals surface area contributed by atoms with E-state index in [1.165, 1.54) is 25.7 Å². The predicted molar refractivity (Wildman–Crippen MR) is 110 cm³/mol. The van der Waals surface area contributed by atoms with Gasteiger partial charge in [-0.25, -0.2) is 0 Å². The van der Waals surface area contributed by atoms with Gasteiger partial charge in [0.2, 0.25) is 11.8 Å². The molecule has 1 aromatic carbocycles. The van der Waals surface area contributed by atoms with Crippen molar-refractivity contribution in [2.24, 2.45) is 0 Å². The van der Waals surface area contributed by atoms with Gasteiger partial charge in [0.25, 0.3) is 5.89 Å². The number of carbonyl (C=O) groups is 1. The number of hydrogen-bond donors (Lipinski definition) is 0. The summed E-state index contributed by atoms with van der Waals surface area (Å²) < 4.78 is 11.2. The van der Waals surface area contributed by atoms with E-state index in [4.69, 9.17) is 9.15 Å². The maximum Gasteiger partial charge on any atom is 0.251 e. The van der Waals surface area contributed by atoms with Gasteiger partial charge in [-0.1, -0.05) is 18.6 Å². The average molecular weight is 399 g/mol. The zero-order valence-corrected chi connectivity index (χ0v) is 17.2. The molecule has 1 unspecified atom stereocenters. The van der Waals surface area contributed by atoms with Crippen molar-refractivity contribution in [2.45, 2.75) is 51.0 Å². The quantitative estimate of drug-likeness (QED) is 0.744. The molecule has 0 bridgehead atoms. The van der Waals surface area contributed by atoms with Crippen LogP contribution in [-0.4, -0.2) is 65.2 Å². The summed E-state index contributed by atoms with van der Waals surface area (Å²) in [6.07, 6.45) is 7.37. The predicted octanol–water partition coefficient (Wildman–Crippen LogP) is 3.15. The van der Waals surface area contributed by atoms with E-state index in [1.807, 2.05) is 29.2 Å². The molecule has 7 heteroatoms. The lowest BCUT2D eigenvalue weighted by molar-refractivity contribution is -0.135. The molecule has 4 rings (SSSR count). The number of nitrogens with zero attached hydrogens (tertiary/aromatic N) is 4. The first-order valence-electron chi connectivity index (χ1n) is 10.7. The number of aromatic nitrogens is 2. The molecule has 1 aromatic heterocycles. The topological polar surface area (TPSA) is 71.7 Å². The minimum Gasteiger partial charge on any atom is -0.496 e. The molecule has 2 fully saturated rings. The first-order chi connectivity index (χ1) is 14.2. The summed E-state index contributed by atoms with van der Waals surface area (Å²) in [6.45, 7) is 4.13. The largest absolute Gasteiger partial charge is 0.496 e. The fraction of sp³-hybridized carbons (Fsp3) is 0.591.